The van der Waals surface area contributed by atoms with Crippen LogP contribution in [-0.4, -0.2) is 154 Å². The number of hydrazine groups is 1. The van der Waals surface area contributed by atoms with Crippen LogP contribution in [0.3, 0.4) is 0 Å². The number of ether oxygens (including phenoxy) is 2. The van der Waals surface area contributed by atoms with E-state index < -0.39 is 44.3 Å². The van der Waals surface area contributed by atoms with Crippen molar-refractivity contribution in [2.75, 3.05) is 34.7 Å². The molecule has 0 aliphatic carbocycles. The van der Waals surface area contributed by atoms with Crippen LogP contribution in [0.1, 0.15) is 162 Å². The van der Waals surface area contributed by atoms with Gasteiger partial charge in [0.05, 0.1) is 0 Å². The van der Waals surface area contributed by atoms with Gasteiger partial charge in [0.2, 0.25) is 11.9 Å². The van der Waals surface area contributed by atoms with E-state index in [1.54, 1.807) is 24.1 Å². The van der Waals surface area contributed by atoms with Crippen molar-refractivity contribution in [1.29, 1.82) is 0 Å². The van der Waals surface area contributed by atoms with Crippen LogP contribution in [0.25, 0.3) is 0 Å². The predicted molar refractivity (Wildman–Crippen MR) is 244 cm³/mol. The molecule has 4 aliphatic rings. The van der Waals surface area contributed by atoms with Gasteiger partial charge in [-0.3, -0.25) is 10.0 Å². The predicted octanol–water partition coefficient (Wildman–Crippen LogP) is 6.77. The number of anilines is 4. The van der Waals surface area contributed by atoms with Gasteiger partial charge in [0.25, 0.3) is 11.9 Å². The zero-order chi connectivity index (χ0) is 48.0. The summed E-state index contributed by atoms with van der Waals surface area (Å²) >= 11 is 0. The molecule has 362 valence electrons. The van der Waals surface area contributed by atoms with E-state index in [0.29, 0.717) is 63.3 Å². The highest BCUT2D eigenvalue weighted by atomic mass is 16.5. The largest absolute Gasteiger partial charge is 0.460 e. The second kappa shape index (κ2) is 16.7. The van der Waals surface area contributed by atoms with E-state index in [0.717, 1.165) is 0 Å². The zero-order valence-electron chi connectivity index (χ0n) is 41.9. The zero-order valence-corrected chi connectivity index (χ0v) is 41.9. The van der Waals surface area contributed by atoms with Gasteiger partial charge in [0.1, 0.15) is 12.2 Å². The van der Waals surface area contributed by atoms with Crippen LogP contribution in [0, 0.1) is 0 Å². The van der Waals surface area contributed by atoms with Crippen LogP contribution < -0.4 is 30.1 Å². The van der Waals surface area contributed by atoms with E-state index in [-0.39, 0.29) is 48.2 Å². The van der Waals surface area contributed by atoms with E-state index >= 15 is 0 Å². The molecule has 4 saturated heterocycles. The summed E-state index contributed by atoms with van der Waals surface area (Å²) < 4.78 is 13.2. The van der Waals surface area contributed by atoms with Crippen molar-refractivity contribution in [3.63, 3.8) is 0 Å². The average molecular weight is 901 g/mol. The third-order valence-corrected chi connectivity index (χ3v) is 13.9. The Kier molecular flexibility index (Phi) is 13.0. The van der Waals surface area contributed by atoms with Crippen LogP contribution >= 0.6 is 0 Å². The number of piperidine rings is 4. The van der Waals surface area contributed by atoms with E-state index in [1.165, 1.54) is 20.3 Å². The molecule has 2 aromatic rings. The highest BCUT2D eigenvalue weighted by Gasteiger charge is 2.49. The third kappa shape index (κ3) is 10.4. The maximum absolute atomic E-state index is 11.1. The monoisotopic (exact) mass is 901 g/mol. The van der Waals surface area contributed by atoms with Gasteiger partial charge in [-0.1, -0.05) is 0 Å². The second-order valence-electron chi connectivity index (χ2n) is 24.1. The molecule has 6 heterocycles. The van der Waals surface area contributed by atoms with Crippen molar-refractivity contribution in [3.8, 4) is 12.0 Å². The molecule has 4 fully saturated rings. The molecule has 0 radical (unpaired) electrons. The first-order valence-electron chi connectivity index (χ1n) is 22.9. The number of nitrogens with one attached hydrogen (secondary N) is 2. The molecule has 6 rings (SSSR count). The molecule has 0 unspecified atom stereocenters. The van der Waals surface area contributed by atoms with Gasteiger partial charge in [-0.05, 0) is 136 Å². The summed E-state index contributed by atoms with van der Waals surface area (Å²) in [4.78, 5) is 29.2. The minimum absolute atomic E-state index is 0.0905. The molecular formula is C44H80N14O6. The Morgan fingerprint density at radius 2 is 0.641 bits per heavy atom. The first kappa shape index (κ1) is 49.9. The van der Waals surface area contributed by atoms with Crippen LogP contribution in [-0.2, 0) is 0 Å². The Balaban J connectivity index is 1.37. The maximum Gasteiger partial charge on any atom is 0.323 e. The fourth-order valence-corrected chi connectivity index (χ4v) is 11.4. The molecule has 0 bridgehead atoms. The fraction of sp³-hybridized carbons (Fsp3) is 0.864. The summed E-state index contributed by atoms with van der Waals surface area (Å²) in [6.45, 7) is 32.0. The molecule has 0 atom stereocenters. The Bertz CT molecular complexity index is 1660. The lowest BCUT2D eigenvalue weighted by molar-refractivity contribution is -0.255. The molecule has 0 aromatic carbocycles. The van der Waals surface area contributed by atoms with Crippen LogP contribution in [0.5, 0.6) is 12.0 Å². The average Bonchev–Trinajstić information content (AvgIpc) is 3.12. The molecule has 6 N–H and O–H groups in total. The van der Waals surface area contributed by atoms with E-state index in [4.69, 9.17) is 39.4 Å². The normalized spacial score (nSPS) is 26.3. The van der Waals surface area contributed by atoms with Gasteiger partial charge in [-0.2, -0.15) is 50.2 Å². The van der Waals surface area contributed by atoms with Crippen molar-refractivity contribution < 1.29 is 30.3 Å². The lowest BCUT2D eigenvalue weighted by Gasteiger charge is -2.51. The topological polar surface area (TPSA) is 220 Å². The SMILES string of the molecule is CN(c1nc(NC2CC(C)(C)N(O)C(C)(C)C2)nc(OC2CC(C)(C)N(O)C(C)(C)C2)n1)N(C)c1nc(NC2CC(C)(C)N(O)C(C)(C)C2)nc(OC2CC(C)(C)N(O)C(C)(C)C2)n1. The number of hydrogen-bond acceptors (Lipinski definition) is 20. The molecular weight excluding hydrogens is 821 g/mol. The molecule has 0 spiro atoms. The van der Waals surface area contributed by atoms with E-state index in [1.807, 2.05) is 111 Å². The van der Waals surface area contributed by atoms with Crippen LogP contribution in [0.4, 0.5) is 23.8 Å². The minimum atomic E-state index is -0.568. The number of aromatic nitrogens is 6. The Morgan fingerprint density at radius 3 is 0.891 bits per heavy atom. The van der Waals surface area contributed by atoms with Gasteiger partial charge in [0, 0.05) is 96.2 Å². The standard InChI is InChI=1S/C44H80N14O6/c1-37(2)19-27(20-38(3,4)55(37)59)45-31-47-33(51-35(49-31)63-29-23-41(9,10)57(61)42(11,12)24-29)53(17)54(18)34-48-32(46-28-21-39(5,6)56(60)40(7,8)22-28)50-36(52-34)64-30-25-43(13,14)58(62)44(15,16)26-30/h27-30,59-62H,19-26H2,1-18H3,(H,45,47,49,51)(H,46,48,50,52). The first-order valence-corrected chi connectivity index (χ1v) is 22.9. The number of hydrogen-bond donors (Lipinski definition) is 6. The van der Waals surface area contributed by atoms with Gasteiger partial charge >= 0.3 is 12.0 Å². The molecule has 4 aliphatic heterocycles. The summed E-state index contributed by atoms with van der Waals surface area (Å²) in [5, 5.41) is 60.4. The Hall–Kier alpha value is -3.50. The summed E-state index contributed by atoms with van der Waals surface area (Å²) in [5.74, 6) is 1.12. The van der Waals surface area contributed by atoms with E-state index in [9.17, 15) is 20.8 Å². The van der Waals surface area contributed by atoms with Crippen LogP contribution in [0.2, 0.25) is 0 Å². The summed E-state index contributed by atoms with van der Waals surface area (Å²) in [5.41, 5.74) is -4.36. The molecule has 20 heteroatoms. The Morgan fingerprint density at radius 1 is 0.406 bits per heavy atom. The van der Waals surface area contributed by atoms with Crippen LogP contribution in [0.15, 0.2) is 0 Å². The van der Waals surface area contributed by atoms with Crippen molar-refractivity contribution >= 4 is 23.8 Å². The second-order valence-corrected chi connectivity index (χ2v) is 24.1. The van der Waals surface area contributed by atoms with Gasteiger partial charge in [-0.15, -0.1) is 0 Å². The molecule has 0 saturated carbocycles. The number of rotatable bonds is 11. The number of nitrogens with zero attached hydrogens (tertiary/aromatic N) is 12. The summed E-state index contributed by atoms with van der Waals surface area (Å²) in [6.07, 6.45) is 4.00. The van der Waals surface area contributed by atoms with Crippen molar-refractivity contribution in [2.24, 2.45) is 0 Å². The van der Waals surface area contributed by atoms with Gasteiger partial charge in [-0.25, -0.2) is 0 Å². The lowest BCUT2D eigenvalue weighted by atomic mass is 9.79. The third-order valence-electron chi connectivity index (χ3n) is 13.9. The minimum Gasteiger partial charge on any atom is -0.460 e. The maximum atomic E-state index is 11.1. The van der Waals surface area contributed by atoms with Crippen molar-refractivity contribution in [1.82, 2.24) is 50.2 Å². The fourth-order valence-electron chi connectivity index (χ4n) is 11.4. The molecule has 20 nitrogen and oxygen atoms in total. The van der Waals surface area contributed by atoms with Gasteiger partial charge in [0.15, 0.2) is 0 Å². The Labute approximate surface area is 380 Å². The van der Waals surface area contributed by atoms with Gasteiger partial charge < -0.3 is 40.9 Å². The molecule has 64 heavy (non-hydrogen) atoms. The molecule has 2 aromatic heterocycles. The summed E-state index contributed by atoms with van der Waals surface area (Å²) in [6, 6.07) is 0.0630. The van der Waals surface area contributed by atoms with E-state index in [2.05, 4.69) is 10.6 Å². The highest BCUT2D eigenvalue weighted by molar-refractivity contribution is 5.48. The molecule has 0 amide bonds. The lowest BCUT2D eigenvalue weighted by Crippen LogP contribution is -2.61. The quantitative estimate of drug-likeness (QED) is 0.128. The number of hydroxylamine groups is 8. The highest BCUT2D eigenvalue weighted by Crippen LogP contribution is 2.42. The van der Waals surface area contributed by atoms with Crippen molar-refractivity contribution in [3.05, 3.63) is 0 Å². The smallest absolute Gasteiger partial charge is 0.323 e. The first-order chi connectivity index (χ1) is 29.0. The van der Waals surface area contributed by atoms with Crippen molar-refractivity contribution in [2.45, 2.75) is 231 Å². The summed E-state index contributed by atoms with van der Waals surface area (Å²) in [7, 11) is 3.61.